The van der Waals surface area contributed by atoms with E-state index in [4.69, 9.17) is 9.47 Å². The van der Waals surface area contributed by atoms with Crippen LogP contribution in [0.1, 0.15) is 33.1 Å². The van der Waals surface area contributed by atoms with Gasteiger partial charge >= 0.3 is 6.03 Å². The zero-order valence-electron chi connectivity index (χ0n) is 12.1. The second kappa shape index (κ2) is 6.57. The molecular formula is C14H26N2O3. The van der Waals surface area contributed by atoms with Crippen molar-refractivity contribution in [2.24, 2.45) is 5.41 Å². The molecule has 5 nitrogen and oxygen atoms in total. The topological polar surface area (TPSA) is 50.8 Å². The molecule has 2 amide bonds. The summed E-state index contributed by atoms with van der Waals surface area (Å²) in [5, 5.41) is 2.91. The third-order valence-electron chi connectivity index (χ3n) is 3.81. The van der Waals surface area contributed by atoms with E-state index in [0.717, 1.165) is 39.0 Å². The second-order valence-electron chi connectivity index (χ2n) is 6.28. The van der Waals surface area contributed by atoms with Crippen molar-refractivity contribution in [2.45, 2.75) is 39.2 Å². The van der Waals surface area contributed by atoms with Crippen molar-refractivity contribution in [1.29, 1.82) is 0 Å². The minimum atomic E-state index is 0.0336. The molecule has 2 saturated heterocycles. The van der Waals surface area contributed by atoms with Crippen LogP contribution >= 0.6 is 0 Å². The van der Waals surface area contributed by atoms with Crippen LogP contribution in [0.5, 0.6) is 0 Å². The van der Waals surface area contributed by atoms with Crippen LogP contribution in [0, 0.1) is 5.41 Å². The molecule has 0 aromatic carbocycles. The van der Waals surface area contributed by atoms with Crippen molar-refractivity contribution in [3.05, 3.63) is 0 Å². The Balaban J connectivity index is 1.52. The van der Waals surface area contributed by atoms with Gasteiger partial charge in [0.15, 0.2) is 0 Å². The van der Waals surface area contributed by atoms with Crippen LogP contribution < -0.4 is 5.32 Å². The Hall–Kier alpha value is -0.810. The molecule has 2 rings (SSSR count). The van der Waals surface area contributed by atoms with E-state index in [9.17, 15) is 4.79 Å². The van der Waals surface area contributed by atoms with Gasteiger partial charge in [-0.15, -0.1) is 0 Å². The maximum atomic E-state index is 11.9. The van der Waals surface area contributed by atoms with Crippen molar-refractivity contribution in [3.8, 4) is 0 Å². The second-order valence-corrected chi connectivity index (χ2v) is 6.28. The van der Waals surface area contributed by atoms with Gasteiger partial charge in [0, 0.05) is 26.2 Å². The molecule has 1 unspecified atom stereocenters. The van der Waals surface area contributed by atoms with Gasteiger partial charge in [-0.2, -0.15) is 0 Å². The number of ether oxygens (including phenoxy) is 2. The summed E-state index contributed by atoms with van der Waals surface area (Å²) in [6, 6.07) is 0.0336. The molecule has 0 spiro atoms. The van der Waals surface area contributed by atoms with Gasteiger partial charge in [-0.05, 0) is 24.7 Å². The number of likely N-dealkylation sites (tertiary alicyclic amines) is 1. The molecule has 110 valence electrons. The quantitative estimate of drug-likeness (QED) is 0.772. The molecule has 0 radical (unpaired) electrons. The van der Waals surface area contributed by atoms with Crippen LogP contribution in [0.2, 0.25) is 0 Å². The van der Waals surface area contributed by atoms with Crippen LogP contribution in [0.25, 0.3) is 0 Å². The van der Waals surface area contributed by atoms with Gasteiger partial charge in [0.25, 0.3) is 0 Å². The van der Waals surface area contributed by atoms with E-state index in [-0.39, 0.29) is 17.6 Å². The standard InChI is InChI=1S/C14H26N2O3/c1-14(2)5-7-16(11-14)13(17)15-6-9-18-10-12-4-3-8-19-12/h12H,3-11H2,1-2H3,(H,15,17). The number of carbonyl (C=O) groups is 1. The fraction of sp³-hybridized carbons (Fsp3) is 0.929. The monoisotopic (exact) mass is 270 g/mol. The minimum Gasteiger partial charge on any atom is -0.377 e. The highest BCUT2D eigenvalue weighted by Crippen LogP contribution is 2.28. The number of nitrogens with one attached hydrogen (secondary N) is 1. The first-order valence-electron chi connectivity index (χ1n) is 7.29. The zero-order valence-corrected chi connectivity index (χ0v) is 12.1. The third-order valence-corrected chi connectivity index (χ3v) is 3.81. The first kappa shape index (κ1) is 14.6. The highest BCUT2D eigenvalue weighted by molar-refractivity contribution is 5.74. The molecule has 2 heterocycles. The number of carbonyl (C=O) groups excluding carboxylic acids is 1. The van der Waals surface area contributed by atoms with E-state index in [1.54, 1.807) is 0 Å². The Morgan fingerprint density at radius 2 is 2.37 bits per heavy atom. The van der Waals surface area contributed by atoms with E-state index in [1.807, 2.05) is 4.90 Å². The van der Waals surface area contributed by atoms with Crippen molar-refractivity contribution in [3.63, 3.8) is 0 Å². The Bertz CT molecular complexity index is 301. The summed E-state index contributed by atoms with van der Waals surface area (Å²) < 4.78 is 11.0. The molecule has 1 N–H and O–H groups in total. The summed E-state index contributed by atoms with van der Waals surface area (Å²) in [4.78, 5) is 13.8. The number of rotatable bonds is 5. The highest BCUT2D eigenvalue weighted by atomic mass is 16.5. The van der Waals surface area contributed by atoms with Crippen LogP contribution in [0.3, 0.4) is 0 Å². The van der Waals surface area contributed by atoms with Crippen LogP contribution in [-0.4, -0.2) is 56.5 Å². The number of amides is 2. The van der Waals surface area contributed by atoms with Gasteiger partial charge in [-0.3, -0.25) is 0 Å². The van der Waals surface area contributed by atoms with Crippen molar-refractivity contribution >= 4 is 6.03 Å². The molecular weight excluding hydrogens is 244 g/mol. The number of hydrogen-bond donors (Lipinski definition) is 1. The normalized spacial score (nSPS) is 25.8. The lowest BCUT2D eigenvalue weighted by atomic mass is 9.93. The lowest BCUT2D eigenvalue weighted by molar-refractivity contribution is 0.0186. The van der Waals surface area contributed by atoms with Gasteiger partial charge in [0.1, 0.15) is 0 Å². The van der Waals surface area contributed by atoms with E-state index in [1.165, 1.54) is 0 Å². The van der Waals surface area contributed by atoms with Gasteiger partial charge in [-0.1, -0.05) is 13.8 Å². The van der Waals surface area contributed by atoms with Crippen LogP contribution in [0.15, 0.2) is 0 Å². The summed E-state index contributed by atoms with van der Waals surface area (Å²) in [6.45, 7) is 8.73. The fourth-order valence-corrected chi connectivity index (χ4v) is 2.62. The highest BCUT2D eigenvalue weighted by Gasteiger charge is 2.31. The minimum absolute atomic E-state index is 0.0336. The van der Waals surface area contributed by atoms with Gasteiger partial charge in [0.05, 0.1) is 19.3 Å². The Labute approximate surface area is 115 Å². The molecule has 0 saturated carbocycles. The van der Waals surface area contributed by atoms with Crippen LogP contribution in [-0.2, 0) is 9.47 Å². The summed E-state index contributed by atoms with van der Waals surface area (Å²) in [7, 11) is 0. The van der Waals surface area contributed by atoms with Crippen molar-refractivity contribution < 1.29 is 14.3 Å². The summed E-state index contributed by atoms with van der Waals surface area (Å²) in [5.74, 6) is 0. The summed E-state index contributed by atoms with van der Waals surface area (Å²) in [6.07, 6.45) is 3.57. The Kier molecular flexibility index (Phi) is 5.05. The van der Waals surface area contributed by atoms with Gasteiger partial charge in [0.2, 0.25) is 0 Å². The molecule has 0 aliphatic carbocycles. The largest absolute Gasteiger partial charge is 0.377 e. The van der Waals surface area contributed by atoms with Crippen LogP contribution in [0.4, 0.5) is 4.79 Å². The molecule has 2 fully saturated rings. The summed E-state index contributed by atoms with van der Waals surface area (Å²) in [5.41, 5.74) is 0.258. The lowest BCUT2D eigenvalue weighted by Crippen LogP contribution is -2.40. The van der Waals surface area contributed by atoms with Gasteiger partial charge in [-0.25, -0.2) is 4.79 Å². The number of urea groups is 1. The predicted octanol–water partition coefficient (Wildman–Crippen LogP) is 1.62. The van der Waals surface area contributed by atoms with E-state index < -0.39 is 0 Å². The van der Waals surface area contributed by atoms with E-state index >= 15 is 0 Å². The van der Waals surface area contributed by atoms with E-state index in [2.05, 4.69) is 19.2 Å². The number of hydrogen-bond acceptors (Lipinski definition) is 3. The average Bonchev–Trinajstić information content (AvgIpc) is 2.98. The third kappa shape index (κ3) is 4.66. The maximum Gasteiger partial charge on any atom is 0.317 e. The van der Waals surface area contributed by atoms with E-state index in [0.29, 0.717) is 19.8 Å². The molecule has 2 aliphatic rings. The molecule has 19 heavy (non-hydrogen) atoms. The first-order chi connectivity index (χ1) is 9.07. The molecule has 1 atom stereocenters. The first-order valence-corrected chi connectivity index (χ1v) is 7.29. The van der Waals surface area contributed by atoms with Crippen molar-refractivity contribution in [1.82, 2.24) is 10.2 Å². The molecule has 5 heteroatoms. The Morgan fingerprint density at radius 3 is 3.00 bits per heavy atom. The SMILES string of the molecule is CC1(C)CCN(C(=O)NCCOCC2CCCO2)C1. The molecule has 2 aliphatic heterocycles. The van der Waals surface area contributed by atoms with Gasteiger partial charge < -0.3 is 19.7 Å². The van der Waals surface area contributed by atoms with Crippen molar-refractivity contribution in [2.75, 3.05) is 39.5 Å². The lowest BCUT2D eigenvalue weighted by Gasteiger charge is -2.20. The molecule has 0 aromatic rings. The molecule has 0 bridgehead atoms. The zero-order chi connectivity index (χ0) is 13.7. The smallest absolute Gasteiger partial charge is 0.317 e. The summed E-state index contributed by atoms with van der Waals surface area (Å²) >= 11 is 0. The maximum absolute atomic E-state index is 11.9. The fourth-order valence-electron chi connectivity index (χ4n) is 2.62. The molecule has 0 aromatic heterocycles. The average molecular weight is 270 g/mol. The predicted molar refractivity (Wildman–Crippen MR) is 73.2 cm³/mol. The Morgan fingerprint density at radius 1 is 1.53 bits per heavy atom. The number of nitrogens with zero attached hydrogens (tertiary/aromatic N) is 1.